The number of methoxy groups -OCH3 is 1. The molecule has 0 saturated heterocycles. The van der Waals surface area contributed by atoms with E-state index in [9.17, 15) is 8.42 Å². The topological polar surface area (TPSA) is 81.4 Å². The molecule has 6 nitrogen and oxygen atoms in total. The minimum absolute atomic E-state index is 0.0927. The quantitative estimate of drug-likeness (QED) is 0.321. The number of rotatable bonds is 7. The number of nitrogens with zero attached hydrogens (tertiary/aromatic N) is 1. The van der Waals surface area contributed by atoms with Crippen molar-refractivity contribution in [3.8, 4) is 17.2 Å². The Kier molecular flexibility index (Phi) is 6.34. The number of oxazole rings is 1. The first-order chi connectivity index (χ1) is 15.4. The summed E-state index contributed by atoms with van der Waals surface area (Å²) in [6, 6.07) is 23.0. The molecule has 0 aliphatic rings. The predicted molar refractivity (Wildman–Crippen MR) is 127 cm³/mol. The Bertz CT molecular complexity index is 1300. The molecule has 32 heavy (non-hydrogen) atoms. The van der Waals surface area contributed by atoms with Crippen molar-refractivity contribution in [2.45, 2.75) is 22.9 Å². The van der Waals surface area contributed by atoms with E-state index in [2.05, 4.69) is 26.2 Å². The van der Waals surface area contributed by atoms with Crippen molar-refractivity contribution < 1.29 is 17.6 Å². The molecular weight excluding hydrogens is 492 g/mol. The van der Waals surface area contributed by atoms with E-state index in [-0.39, 0.29) is 27.7 Å². The zero-order valence-corrected chi connectivity index (χ0v) is 19.9. The summed E-state index contributed by atoms with van der Waals surface area (Å²) in [7, 11) is -2.35. The van der Waals surface area contributed by atoms with Gasteiger partial charge in [0.15, 0.2) is 0 Å². The summed E-state index contributed by atoms with van der Waals surface area (Å²) in [5.41, 5.74) is 1.63. The molecule has 3 aromatic carbocycles. The zero-order chi connectivity index (χ0) is 22.7. The summed E-state index contributed by atoms with van der Waals surface area (Å²) in [5, 5.41) is 3.03. The lowest BCUT2D eigenvalue weighted by Crippen LogP contribution is -2.10. The molecular formula is C24H21BrN2O4S. The van der Waals surface area contributed by atoms with Crippen LogP contribution in [0.1, 0.15) is 18.5 Å². The number of anilines is 1. The number of benzene rings is 3. The highest BCUT2D eigenvalue weighted by Crippen LogP contribution is 2.35. The highest BCUT2D eigenvalue weighted by molar-refractivity contribution is 9.10. The van der Waals surface area contributed by atoms with Crippen LogP contribution in [0.15, 0.2) is 97.7 Å². The fraction of sp³-hybridized carbons (Fsp3) is 0.125. The van der Waals surface area contributed by atoms with Crippen LogP contribution in [0.4, 0.5) is 5.88 Å². The average molecular weight is 513 g/mol. The highest BCUT2D eigenvalue weighted by Gasteiger charge is 2.29. The molecule has 0 fully saturated rings. The van der Waals surface area contributed by atoms with Gasteiger partial charge in [0.25, 0.3) is 0 Å². The summed E-state index contributed by atoms with van der Waals surface area (Å²) in [5.74, 6) is 0.972. The van der Waals surface area contributed by atoms with Gasteiger partial charge in [-0.15, -0.1) is 0 Å². The monoisotopic (exact) mass is 512 g/mol. The molecule has 1 N–H and O–H groups in total. The van der Waals surface area contributed by atoms with Crippen molar-refractivity contribution in [1.29, 1.82) is 0 Å². The van der Waals surface area contributed by atoms with Crippen LogP contribution in [0.5, 0.6) is 5.75 Å². The van der Waals surface area contributed by atoms with Crippen molar-refractivity contribution in [3.63, 3.8) is 0 Å². The summed E-state index contributed by atoms with van der Waals surface area (Å²) in [6.07, 6.45) is 0. The zero-order valence-electron chi connectivity index (χ0n) is 17.4. The molecule has 1 unspecified atom stereocenters. The first-order valence-electron chi connectivity index (χ1n) is 9.86. The second-order valence-corrected chi connectivity index (χ2v) is 9.90. The van der Waals surface area contributed by atoms with E-state index in [0.29, 0.717) is 11.3 Å². The van der Waals surface area contributed by atoms with E-state index in [0.717, 1.165) is 10.0 Å². The van der Waals surface area contributed by atoms with E-state index in [1.54, 1.807) is 43.5 Å². The molecule has 8 heteroatoms. The molecule has 0 amide bonds. The van der Waals surface area contributed by atoms with Crippen LogP contribution in [0, 0.1) is 0 Å². The Morgan fingerprint density at radius 2 is 1.62 bits per heavy atom. The average Bonchev–Trinajstić information content (AvgIpc) is 3.24. The molecule has 1 aromatic heterocycles. The lowest BCUT2D eigenvalue weighted by molar-refractivity contribution is 0.415. The van der Waals surface area contributed by atoms with Gasteiger partial charge in [0.05, 0.1) is 18.0 Å². The van der Waals surface area contributed by atoms with Crippen molar-refractivity contribution >= 4 is 31.7 Å². The second-order valence-electron chi connectivity index (χ2n) is 7.12. The van der Waals surface area contributed by atoms with Gasteiger partial charge < -0.3 is 14.5 Å². The molecule has 0 saturated carbocycles. The Balaban J connectivity index is 1.79. The van der Waals surface area contributed by atoms with Gasteiger partial charge in [0.1, 0.15) is 5.75 Å². The minimum atomic E-state index is -3.93. The summed E-state index contributed by atoms with van der Waals surface area (Å²) in [6.45, 7) is 1.93. The Morgan fingerprint density at radius 1 is 0.969 bits per heavy atom. The number of nitrogens with one attached hydrogen (secondary N) is 1. The van der Waals surface area contributed by atoms with Crippen molar-refractivity contribution in [2.24, 2.45) is 0 Å². The summed E-state index contributed by atoms with van der Waals surface area (Å²) in [4.78, 5) is 4.51. The lowest BCUT2D eigenvalue weighted by Gasteiger charge is -2.14. The van der Waals surface area contributed by atoms with Gasteiger partial charge in [-0.1, -0.05) is 46.3 Å². The standard InChI is InChI=1S/C24H21BrN2O4S/c1-16(17-6-4-3-5-7-17)26-23-24(32(28,29)21-14-10-19(25)11-15-21)27-22(31-23)18-8-12-20(30-2)13-9-18/h3-16,26H,1-2H3. The van der Waals surface area contributed by atoms with Crippen LogP contribution >= 0.6 is 15.9 Å². The lowest BCUT2D eigenvalue weighted by atomic mass is 10.1. The first-order valence-corrected chi connectivity index (χ1v) is 12.1. The Labute approximate surface area is 195 Å². The number of hydrogen-bond donors (Lipinski definition) is 1. The first kappa shape index (κ1) is 22.1. The van der Waals surface area contributed by atoms with E-state index < -0.39 is 9.84 Å². The fourth-order valence-electron chi connectivity index (χ4n) is 3.18. The van der Waals surface area contributed by atoms with Crippen LogP contribution < -0.4 is 10.1 Å². The minimum Gasteiger partial charge on any atom is -0.497 e. The van der Waals surface area contributed by atoms with Crippen molar-refractivity contribution in [1.82, 2.24) is 4.98 Å². The summed E-state index contributed by atoms with van der Waals surface area (Å²) >= 11 is 3.34. The molecule has 4 rings (SSSR count). The molecule has 1 atom stereocenters. The fourth-order valence-corrected chi connectivity index (χ4v) is 4.71. The van der Waals surface area contributed by atoms with Crippen molar-refractivity contribution in [3.05, 3.63) is 88.9 Å². The van der Waals surface area contributed by atoms with E-state index in [1.807, 2.05) is 37.3 Å². The second kappa shape index (κ2) is 9.18. The van der Waals surface area contributed by atoms with E-state index in [4.69, 9.17) is 9.15 Å². The normalized spacial score (nSPS) is 12.3. The van der Waals surface area contributed by atoms with Gasteiger partial charge in [-0.3, -0.25) is 0 Å². The summed E-state index contributed by atoms with van der Waals surface area (Å²) < 4.78 is 38.8. The maximum absolute atomic E-state index is 13.4. The molecule has 4 aromatic rings. The molecule has 0 aliphatic carbocycles. The van der Waals surface area contributed by atoms with Gasteiger partial charge in [0.2, 0.25) is 26.6 Å². The van der Waals surface area contributed by atoms with Gasteiger partial charge >= 0.3 is 0 Å². The van der Waals surface area contributed by atoms with Crippen LogP contribution in [-0.4, -0.2) is 20.5 Å². The van der Waals surface area contributed by atoms with Gasteiger partial charge in [-0.2, -0.15) is 4.98 Å². The van der Waals surface area contributed by atoms with Gasteiger partial charge in [-0.25, -0.2) is 8.42 Å². The third-order valence-electron chi connectivity index (χ3n) is 4.96. The molecule has 0 aliphatic heterocycles. The molecule has 1 heterocycles. The number of hydrogen-bond acceptors (Lipinski definition) is 6. The maximum atomic E-state index is 13.4. The van der Waals surface area contributed by atoms with Crippen LogP contribution in [0.3, 0.4) is 0 Å². The smallest absolute Gasteiger partial charge is 0.234 e. The SMILES string of the molecule is COc1ccc(-c2nc(S(=O)(=O)c3ccc(Br)cc3)c(NC(C)c3ccccc3)o2)cc1. The predicted octanol–water partition coefficient (Wildman–Crippen LogP) is 6.12. The van der Waals surface area contributed by atoms with E-state index >= 15 is 0 Å². The Hall–Kier alpha value is -3.10. The maximum Gasteiger partial charge on any atom is 0.234 e. The molecule has 164 valence electrons. The van der Waals surface area contributed by atoms with Gasteiger partial charge in [0, 0.05) is 10.0 Å². The third-order valence-corrected chi connectivity index (χ3v) is 7.17. The highest BCUT2D eigenvalue weighted by atomic mass is 79.9. The van der Waals surface area contributed by atoms with Crippen LogP contribution in [0.25, 0.3) is 11.5 Å². The van der Waals surface area contributed by atoms with Gasteiger partial charge in [-0.05, 0) is 61.0 Å². The molecule has 0 bridgehead atoms. The van der Waals surface area contributed by atoms with Crippen molar-refractivity contribution in [2.75, 3.05) is 12.4 Å². The van der Waals surface area contributed by atoms with E-state index in [1.165, 1.54) is 12.1 Å². The number of ether oxygens (including phenoxy) is 1. The molecule has 0 radical (unpaired) electrons. The number of aromatic nitrogens is 1. The van der Waals surface area contributed by atoms with Crippen LogP contribution in [-0.2, 0) is 9.84 Å². The number of halogens is 1. The molecule has 0 spiro atoms. The third kappa shape index (κ3) is 4.56. The largest absolute Gasteiger partial charge is 0.497 e. The van der Waals surface area contributed by atoms with Crippen LogP contribution in [0.2, 0.25) is 0 Å². The number of sulfone groups is 1. The Morgan fingerprint density at radius 3 is 2.25 bits per heavy atom.